The number of hydrogen-bond donors (Lipinski definition) is 1. The lowest BCUT2D eigenvalue weighted by Crippen LogP contribution is -2.27. The molecule has 0 aromatic heterocycles. The van der Waals surface area contributed by atoms with Crippen LogP contribution in [0.1, 0.15) is 18.9 Å². The summed E-state index contributed by atoms with van der Waals surface area (Å²) in [6.45, 7) is 2.77. The third-order valence-corrected chi connectivity index (χ3v) is 2.85. The lowest BCUT2D eigenvalue weighted by molar-refractivity contribution is -0.120. The van der Waals surface area contributed by atoms with E-state index in [9.17, 15) is 4.79 Å². The molecule has 16 heavy (non-hydrogen) atoms. The Bertz CT molecular complexity index is 337. The van der Waals surface area contributed by atoms with E-state index in [1.807, 2.05) is 12.1 Å². The van der Waals surface area contributed by atoms with Crippen LogP contribution in [0.5, 0.6) is 0 Å². The number of nitrogens with one attached hydrogen (secondary N) is 1. The Labute approximate surface area is 110 Å². The average Bonchev–Trinajstić information content (AvgIpc) is 2.21. The van der Waals surface area contributed by atoms with Gasteiger partial charge in [-0.25, -0.2) is 0 Å². The Morgan fingerprint density at radius 1 is 1.44 bits per heavy atom. The van der Waals surface area contributed by atoms with Crippen molar-refractivity contribution < 1.29 is 4.79 Å². The van der Waals surface area contributed by atoms with Crippen LogP contribution in [0.25, 0.3) is 0 Å². The van der Waals surface area contributed by atoms with E-state index in [0.717, 1.165) is 12.0 Å². The molecule has 0 radical (unpaired) electrons. The Hall–Kier alpha value is -0.540. The van der Waals surface area contributed by atoms with Crippen molar-refractivity contribution in [3.8, 4) is 0 Å². The van der Waals surface area contributed by atoms with Crippen LogP contribution in [0.2, 0.25) is 5.02 Å². The number of rotatable bonds is 5. The molecule has 0 saturated heterocycles. The van der Waals surface area contributed by atoms with Crippen LogP contribution in [-0.2, 0) is 11.2 Å². The molecule has 0 saturated carbocycles. The SMILES string of the molecule is CC(Br)CCNC(=O)Cc1ccc(Cl)cc1. The second-order valence-electron chi connectivity index (χ2n) is 3.72. The maximum Gasteiger partial charge on any atom is 0.224 e. The van der Waals surface area contributed by atoms with Crippen molar-refractivity contribution >= 4 is 33.4 Å². The largest absolute Gasteiger partial charge is 0.356 e. The first-order valence-electron chi connectivity index (χ1n) is 5.23. The number of amides is 1. The maximum atomic E-state index is 11.5. The first-order chi connectivity index (χ1) is 7.58. The van der Waals surface area contributed by atoms with E-state index in [2.05, 4.69) is 28.2 Å². The van der Waals surface area contributed by atoms with Gasteiger partial charge in [-0.05, 0) is 24.1 Å². The summed E-state index contributed by atoms with van der Waals surface area (Å²) in [5, 5.41) is 3.57. The van der Waals surface area contributed by atoms with Crippen LogP contribution in [-0.4, -0.2) is 17.3 Å². The molecular weight excluding hydrogens is 289 g/mol. The predicted octanol–water partition coefficient (Wildman–Crippen LogP) is 3.17. The number of alkyl halides is 1. The van der Waals surface area contributed by atoms with Gasteiger partial charge >= 0.3 is 0 Å². The Balaban J connectivity index is 2.31. The summed E-state index contributed by atoms with van der Waals surface area (Å²) in [7, 11) is 0. The summed E-state index contributed by atoms with van der Waals surface area (Å²) in [5.74, 6) is 0.0514. The van der Waals surface area contributed by atoms with Gasteiger partial charge < -0.3 is 5.32 Å². The van der Waals surface area contributed by atoms with Crippen LogP contribution in [0.3, 0.4) is 0 Å². The number of carbonyl (C=O) groups is 1. The van der Waals surface area contributed by atoms with Crippen molar-refractivity contribution in [3.63, 3.8) is 0 Å². The van der Waals surface area contributed by atoms with E-state index >= 15 is 0 Å². The van der Waals surface area contributed by atoms with Gasteiger partial charge in [0.15, 0.2) is 0 Å². The molecule has 1 amide bonds. The van der Waals surface area contributed by atoms with Gasteiger partial charge in [-0.15, -0.1) is 0 Å². The molecule has 88 valence electrons. The molecule has 1 aromatic carbocycles. The molecule has 0 heterocycles. The Morgan fingerprint density at radius 3 is 2.62 bits per heavy atom. The van der Waals surface area contributed by atoms with E-state index in [0.29, 0.717) is 22.8 Å². The fourth-order valence-electron chi connectivity index (χ4n) is 1.26. The number of carbonyl (C=O) groups excluding carboxylic acids is 1. The molecule has 0 fully saturated rings. The van der Waals surface area contributed by atoms with Gasteiger partial charge in [-0.3, -0.25) is 4.79 Å². The van der Waals surface area contributed by atoms with E-state index in [4.69, 9.17) is 11.6 Å². The van der Waals surface area contributed by atoms with Crippen molar-refractivity contribution in [1.29, 1.82) is 0 Å². The Morgan fingerprint density at radius 2 is 2.06 bits per heavy atom. The molecule has 0 aliphatic heterocycles. The highest BCUT2D eigenvalue weighted by Gasteiger charge is 2.03. The highest BCUT2D eigenvalue weighted by molar-refractivity contribution is 9.09. The summed E-state index contributed by atoms with van der Waals surface area (Å²) in [4.78, 5) is 12.0. The molecule has 1 atom stereocenters. The fourth-order valence-corrected chi connectivity index (χ4v) is 1.62. The van der Waals surface area contributed by atoms with E-state index in [1.54, 1.807) is 12.1 Å². The van der Waals surface area contributed by atoms with Gasteiger partial charge in [-0.2, -0.15) is 0 Å². The highest BCUT2D eigenvalue weighted by Crippen LogP contribution is 2.09. The molecule has 0 spiro atoms. The number of benzene rings is 1. The molecular formula is C12H15BrClNO. The van der Waals surface area contributed by atoms with E-state index in [1.165, 1.54) is 0 Å². The third kappa shape index (κ3) is 5.52. The molecule has 0 bridgehead atoms. The topological polar surface area (TPSA) is 29.1 Å². The normalized spacial score (nSPS) is 12.2. The summed E-state index contributed by atoms with van der Waals surface area (Å²) >= 11 is 9.19. The second-order valence-corrected chi connectivity index (χ2v) is 5.72. The Kier molecular flexibility index (Phi) is 5.85. The zero-order valence-corrected chi connectivity index (χ0v) is 11.5. The van der Waals surface area contributed by atoms with Gasteiger partial charge in [0.2, 0.25) is 5.91 Å². The van der Waals surface area contributed by atoms with Crippen LogP contribution >= 0.6 is 27.5 Å². The molecule has 0 aliphatic rings. The number of hydrogen-bond acceptors (Lipinski definition) is 1. The van der Waals surface area contributed by atoms with Crippen molar-refractivity contribution in [2.45, 2.75) is 24.6 Å². The fraction of sp³-hybridized carbons (Fsp3) is 0.417. The van der Waals surface area contributed by atoms with Gasteiger partial charge in [0.25, 0.3) is 0 Å². The first kappa shape index (κ1) is 13.5. The standard InChI is InChI=1S/C12H15BrClNO/c1-9(13)6-7-15-12(16)8-10-2-4-11(14)5-3-10/h2-5,9H,6-8H2,1H3,(H,15,16). The summed E-state index contributed by atoms with van der Waals surface area (Å²) in [6, 6.07) is 7.33. The van der Waals surface area contributed by atoms with Crippen molar-refractivity contribution in [2.24, 2.45) is 0 Å². The second kappa shape index (κ2) is 6.92. The molecule has 1 rings (SSSR count). The van der Waals surface area contributed by atoms with Crippen molar-refractivity contribution in [2.75, 3.05) is 6.54 Å². The van der Waals surface area contributed by atoms with Crippen molar-refractivity contribution in [3.05, 3.63) is 34.9 Å². The zero-order chi connectivity index (χ0) is 12.0. The quantitative estimate of drug-likeness (QED) is 0.832. The smallest absolute Gasteiger partial charge is 0.224 e. The molecule has 1 N–H and O–H groups in total. The van der Waals surface area contributed by atoms with Crippen LogP contribution in [0.15, 0.2) is 24.3 Å². The summed E-state index contributed by atoms with van der Waals surface area (Å²) in [6.07, 6.45) is 1.35. The summed E-state index contributed by atoms with van der Waals surface area (Å²) < 4.78 is 0. The lowest BCUT2D eigenvalue weighted by atomic mass is 10.1. The van der Waals surface area contributed by atoms with Crippen LogP contribution in [0.4, 0.5) is 0 Å². The predicted molar refractivity (Wildman–Crippen MR) is 71.2 cm³/mol. The molecule has 1 aromatic rings. The van der Waals surface area contributed by atoms with Crippen LogP contribution < -0.4 is 5.32 Å². The lowest BCUT2D eigenvalue weighted by Gasteiger charge is -2.06. The summed E-state index contributed by atoms with van der Waals surface area (Å²) in [5.41, 5.74) is 0.980. The van der Waals surface area contributed by atoms with Crippen molar-refractivity contribution in [1.82, 2.24) is 5.32 Å². The van der Waals surface area contributed by atoms with Gasteiger partial charge in [0.1, 0.15) is 0 Å². The highest BCUT2D eigenvalue weighted by atomic mass is 79.9. The molecule has 0 aliphatic carbocycles. The van der Waals surface area contributed by atoms with E-state index < -0.39 is 0 Å². The van der Waals surface area contributed by atoms with E-state index in [-0.39, 0.29) is 5.91 Å². The van der Waals surface area contributed by atoms with Crippen LogP contribution in [0, 0.1) is 0 Å². The van der Waals surface area contributed by atoms with Gasteiger partial charge in [-0.1, -0.05) is 46.6 Å². The minimum absolute atomic E-state index is 0.0514. The third-order valence-electron chi connectivity index (χ3n) is 2.14. The van der Waals surface area contributed by atoms with Gasteiger partial charge in [0, 0.05) is 16.4 Å². The zero-order valence-electron chi connectivity index (χ0n) is 9.17. The molecule has 4 heteroatoms. The first-order valence-corrected chi connectivity index (χ1v) is 6.52. The molecule has 2 nitrogen and oxygen atoms in total. The number of halogens is 2. The molecule has 1 unspecified atom stereocenters. The van der Waals surface area contributed by atoms with Gasteiger partial charge in [0.05, 0.1) is 6.42 Å². The maximum absolute atomic E-state index is 11.5. The monoisotopic (exact) mass is 303 g/mol. The minimum Gasteiger partial charge on any atom is -0.356 e. The average molecular weight is 305 g/mol. The minimum atomic E-state index is 0.0514.